The predicted molar refractivity (Wildman–Crippen MR) is 90.8 cm³/mol. The van der Waals surface area contributed by atoms with Crippen molar-refractivity contribution in [1.29, 1.82) is 0 Å². The standard InChI is InChI=1S/C17H14N4O4/c1-20-11-18-15(21(23)24)17(20)25-14-9-5-6-12(10-14)16(22)19-13-7-3-2-4-8-13/h2-11H,1H3,(H,19,22). The summed E-state index contributed by atoms with van der Waals surface area (Å²) in [7, 11) is 1.58. The van der Waals surface area contributed by atoms with E-state index in [4.69, 9.17) is 4.74 Å². The minimum absolute atomic E-state index is 0.00869. The predicted octanol–water partition coefficient (Wildman–Crippen LogP) is 3.37. The lowest BCUT2D eigenvalue weighted by Crippen LogP contribution is -2.11. The smallest absolute Gasteiger partial charge is 0.427 e. The zero-order chi connectivity index (χ0) is 17.8. The molecule has 0 unspecified atom stereocenters. The number of imidazole rings is 1. The first-order valence-electron chi connectivity index (χ1n) is 7.34. The minimum Gasteiger partial charge on any atom is -0.434 e. The molecule has 0 spiro atoms. The number of aromatic nitrogens is 2. The van der Waals surface area contributed by atoms with Gasteiger partial charge in [0.05, 0.1) is 0 Å². The number of aryl methyl sites for hydroxylation is 1. The summed E-state index contributed by atoms with van der Waals surface area (Å²) in [6, 6.07) is 15.4. The number of carbonyl (C=O) groups is 1. The maximum atomic E-state index is 12.3. The zero-order valence-electron chi connectivity index (χ0n) is 13.2. The highest BCUT2D eigenvalue weighted by atomic mass is 16.6. The maximum Gasteiger partial charge on any atom is 0.427 e. The Hall–Kier alpha value is -3.68. The van der Waals surface area contributed by atoms with E-state index in [1.54, 1.807) is 37.4 Å². The molecule has 1 aromatic heterocycles. The summed E-state index contributed by atoms with van der Waals surface area (Å²) in [5.74, 6) is -0.407. The molecule has 1 amide bonds. The third-order valence-corrected chi connectivity index (χ3v) is 3.38. The van der Waals surface area contributed by atoms with Gasteiger partial charge < -0.3 is 20.2 Å². The van der Waals surface area contributed by atoms with Crippen LogP contribution < -0.4 is 10.1 Å². The summed E-state index contributed by atoms with van der Waals surface area (Å²) in [5, 5.41) is 13.8. The summed E-state index contributed by atoms with van der Waals surface area (Å²) in [5.41, 5.74) is 1.03. The number of ether oxygens (including phenoxy) is 1. The summed E-state index contributed by atoms with van der Waals surface area (Å²) in [6.07, 6.45) is 1.29. The summed E-state index contributed by atoms with van der Waals surface area (Å²) >= 11 is 0. The molecule has 1 heterocycles. The van der Waals surface area contributed by atoms with E-state index in [0.29, 0.717) is 17.0 Å². The van der Waals surface area contributed by atoms with Crippen LogP contribution in [0.15, 0.2) is 60.9 Å². The number of nitro groups is 1. The molecule has 8 nitrogen and oxygen atoms in total. The summed E-state index contributed by atoms with van der Waals surface area (Å²) in [4.78, 5) is 26.4. The molecule has 3 aromatic rings. The van der Waals surface area contributed by atoms with Crippen LogP contribution in [0.4, 0.5) is 11.5 Å². The number of hydrogen-bond acceptors (Lipinski definition) is 5. The third kappa shape index (κ3) is 3.63. The molecule has 2 aromatic carbocycles. The molecule has 3 rings (SSSR count). The van der Waals surface area contributed by atoms with Gasteiger partial charge in [-0.25, -0.2) is 0 Å². The van der Waals surface area contributed by atoms with Crippen LogP contribution in [0.2, 0.25) is 0 Å². The fraction of sp³-hybridized carbons (Fsp3) is 0.0588. The largest absolute Gasteiger partial charge is 0.434 e. The maximum absolute atomic E-state index is 12.3. The van der Waals surface area contributed by atoms with Crippen LogP contribution in [0.1, 0.15) is 10.4 Å². The van der Waals surface area contributed by atoms with Gasteiger partial charge in [0.15, 0.2) is 0 Å². The van der Waals surface area contributed by atoms with Crippen molar-refractivity contribution < 1.29 is 14.5 Å². The van der Waals surface area contributed by atoms with Gasteiger partial charge in [-0.3, -0.25) is 9.36 Å². The third-order valence-electron chi connectivity index (χ3n) is 3.38. The highest BCUT2D eigenvalue weighted by Gasteiger charge is 2.22. The van der Waals surface area contributed by atoms with Crippen molar-refractivity contribution in [2.45, 2.75) is 0 Å². The molecule has 0 radical (unpaired) electrons. The second kappa shape index (κ2) is 6.83. The Morgan fingerprint density at radius 1 is 1.20 bits per heavy atom. The Balaban J connectivity index is 1.81. The topological polar surface area (TPSA) is 99.3 Å². The SMILES string of the molecule is Cn1cnc([N+](=O)[O-])c1Oc1cccc(C(=O)Nc2ccccc2)c1. The van der Waals surface area contributed by atoms with Gasteiger partial charge in [0.2, 0.25) is 6.33 Å². The van der Waals surface area contributed by atoms with Gasteiger partial charge >= 0.3 is 11.7 Å². The molecule has 126 valence electrons. The molecule has 0 atom stereocenters. The normalized spacial score (nSPS) is 10.3. The number of amides is 1. The van der Waals surface area contributed by atoms with Gasteiger partial charge in [0.25, 0.3) is 5.91 Å². The van der Waals surface area contributed by atoms with Crippen molar-refractivity contribution in [3.05, 3.63) is 76.6 Å². The summed E-state index contributed by atoms with van der Waals surface area (Å²) in [6.45, 7) is 0. The van der Waals surface area contributed by atoms with Crippen molar-refractivity contribution in [2.24, 2.45) is 7.05 Å². The first-order valence-corrected chi connectivity index (χ1v) is 7.34. The molecule has 25 heavy (non-hydrogen) atoms. The molecule has 0 bridgehead atoms. The quantitative estimate of drug-likeness (QED) is 0.568. The second-order valence-corrected chi connectivity index (χ2v) is 5.19. The zero-order valence-corrected chi connectivity index (χ0v) is 13.2. The number of hydrogen-bond donors (Lipinski definition) is 1. The highest BCUT2D eigenvalue weighted by molar-refractivity contribution is 6.04. The minimum atomic E-state index is -0.624. The van der Waals surface area contributed by atoms with Crippen molar-refractivity contribution in [2.75, 3.05) is 5.32 Å². The van der Waals surface area contributed by atoms with Gasteiger partial charge in [-0.05, 0) is 40.2 Å². The molecule has 0 saturated heterocycles. The van der Waals surface area contributed by atoms with Crippen molar-refractivity contribution in [3.63, 3.8) is 0 Å². The number of anilines is 1. The average Bonchev–Trinajstić information content (AvgIpc) is 2.97. The van der Waals surface area contributed by atoms with E-state index in [1.165, 1.54) is 17.0 Å². The van der Waals surface area contributed by atoms with Crippen molar-refractivity contribution in [3.8, 4) is 11.6 Å². The van der Waals surface area contributed by atoms with E-state index in [9.17, 15) is 14.9 Å². The van der Waals surface area contributed by atoms with Crippen LogP contribution in [-0.4, -0.2) is 20.4 Å². The van der Waals surface area contributed by atoms with Crippen LogP contribution in [0, 0.1) is 10.1 Å². The molecular formula is C17H14N4O4. The van der Waals surface area contributed by atoms with Crippen molar-refractivity contribution in [1.82, 2.24) is 9.55 Å². The lowest BCUT2D eigenvalue weighted by Gasteiger charge is -2.08. The molecule has 0 fully saturated rings. The first-order chi connectivity index (χ1) is 12.0. The molecule has 1 N–H and O–H groups in total. The van der Waals surface area contributed by atoms with E-state index in [2.05, 4.69) is 10.3 Å². The number of carbonyl (C=O) groups excluding carboxylic acids is 1. The van der Waals surface area contributed by atoms with Crippen LogP contribution in [0.25, 0.3) is 0 Å². The Kier molecular flexibility index (Phi) is 4.42. The van der Waals surface area contributed by atoms with E-state index >= 15 is 0 Å². The van der Waals surface area contributed by atoms with Gasteiger partial charge in [0.1, 0.15) is 5.75 Å². The first kappa shape index (κ1) is 16.2. The average molecular weight is 338 g/mol. The highest BCUT2D eigenvalue weighted by Crippen LogP contribution is 2.29. The fourth-order valence-electron chi connectivity index (χ4n) is 2.19. The lowest BCUT2D eigenvalue weighted by atomic mass is 10.2. The van der Waals surface area contributed by atoms with Gasteiger partial charge in [-0.1, -0.05) is 24.3 Å². The van der Waals surface area contributed by atoms with E-state index in [1.807, 2.05) is 18.2 Å². The molecule has 0 aliphatic carbocycles. The Bertz CT molecular complexity index is 921. The number of nitrogens with zero attached hydrogens (tertiary/aromatic N) is 3. The Morgan fingerprint density at radius 2 is 1.96 bits per heavy atom. The second-order valence-electron chi connectivity index (χ2n) is 5.19. The molecule has 0 aliphatic rings. The van der Waals surface area contributed by atoms with Gasteiger partial charge in [0, 0.05) is 18.3 Å². The number of rotatable bonds is 5. The van der Waals surface area contributed by atoms with Crippen LogP contribution >= 0.6 is 0 Å². The fourth-order valence-corrected chi connectivity index (χ4v) is 2.19. The van der Waals surface area contributed by atoms with Crippen LogP contribution in [0.3, 0.4) is 0 Å². The number of para-hydroxylation sites is 1. The molecule has 0 aliphatic heterocycles. The Labute approximate surface area is 142 Å². The van der Waals surface area contributed by atoms with Crippen molar-refractivity contribution >= 4 is 17.4 Å². The monoisotopic (exact) mass is 338 g/mol. The Morgan fingerprint density at radius 3 is 2.68 bits per heavy atom. The molecular weight excluding hydrogens is 324 g/mol. The number of benzene rings is 2. The van der Waals surface area contributed by atoms with E-state index in [0.717, 1.165) is 0 Å². The molecule has 8 heteroatoms. The van der Waals surface area contributed by atoms with Crippen LogP contribution in [0.5, 0.6) is 11.6 Å². The van der Waals surface area contributed by atoms with E-state index in [-0.39, 0.29) is 17.6 Å². The summed E-state index contributed by atoms with van der Waals surface area (Å²) < 4.78 is 6.96. The van der Waals surface area contributed by atoms with Crippen LogP contribution in [-0.2, 0) is 7.05 Å². The molecule has 0 saturated carbocycles. The van der Waals surface area contributed by atoms with Gasteiger partial charge in [-0.15, -0.1) is 0 Å². The van der Waals surface area contributed by atoms with E-state index < -0.39 is 4.92 Å². The lowest BCUT2D eigenvalue weighted by molar-refractivity contribution is -0.390. The van der Waals surface area contributed by atoms with Gasteiger partial charge in [-0.2, -0.15) is 0 Å². The number of nitrogens with one attached hydrogen (secondary N) is 1.